The molecule has 0 radical (unpaired) electrons. The van der Waals surface area contributed by atoms with Crippen molar-refractivity contribution in [1.82, 2.24) is 0 Å². The van der Waals surface area contributed by atoms with Gasteiger partial charge in [-0.15, -0.1) is 22.9 Å². The summed E-state index contributed by atoms with van der Waals surface area (Å²) in [6.07, 6.45) is 3.18. The lowest BCUT2D eigenvalue weighted by molar-refractivity contribution is 1.12. The van der Waals surface area contributed by atoms with Crippen LogP contribution in [0.15, 0.2) is 21.5 Å². The van der Waals surface area contributed by atoms with Gasteiger partial charge in [0, 0.05) is 10.8 Å². The van der Waals surface area contributed by atoms with Gasteiger partial charge in [0.05, 0.1) is 3.79 Å². The van der Waals surface area contributed by atoms with Crippen LogP contribution in [0.5, 0.6) is 0 Å². The van der Waals surface area contributed by atoms with Crippen LogP contribution in [0.2, 0.25) is 0 Å². The van der Waals surface area contributed by atoms with E-state index in [1.807, 2.05) is 0 Å². The molecule has 0 unspecified atom stereocenters. The molecule has 1 aromatic rings. The first-order valence-electron chi connectivity index (χ1n) is 3.77. The molecular weight excluding hydrogens is 256 g/mol. The van der Waals surface area contributed by atoms with Crippen molar-refractivity contribution in [1.29, 1.82) is 0 Å². The molecule has 0 atom stereocenters. The predicted octanol–water partition coefficient (Wildman–Crippen LogP) is 4.54. The second-order valence-corrected chi connectivity index (χ2v) is 5.19. The Morgan fingerprint density at radius 3 is 2.83 bits per heavy atom. The maximum Gasteiger partial charge on any atom is 0.0704 e. The average molecular weight is 266 g/mol. The van der Waals surface area contributed by atoms with Crippen LogP contribution in [0.25, 0.3) is 6.08 Å². The first kappa shape index (κ1) is 10.3. The van der Waals surface area contributed by atoms with E-state index in [4.69, 9.17) is 11.6 Å². The molecule has 66 valence electrons. The van der Waals surface area contributed by atoms with Gasteiger partial charge in [0.1, 0.15) is 0 Å². The Labute approximate surface area is 90.4 Å². The lowest BCUT2D eigenvalue weighted by Crippen LogP contribution is -1.79. The third kappa shape index (κ3) is 2.92. The van der Waals surface area contributed by atoms with Gasteiger partial charge < -0.3 is 0 Å². The van der Waals surface area contributed by atoms with Crippen LogP contribution in [0, 0.1) is 0 Å². The molecule has 0 spiro atoms. The van der Waals surface area contributed by atoms with E-state index in [2.05, 4.69) is 41.1 Å². The van der Waals surface area contributed by atoms with Crippen LogP contribution in [-0.2, 0) is 0 Å². The lowest BCUT2D eigenvalue weighted by atomic mass is 10.2. The Hall–Kier alpha value is 0.210. The van der Waals surface area contributed by atoms with Crippen LogP contribution in [0.1, 0.15) is 18.2 Å². The van der Waals surface area contributed by atoms with Crippen molar-refractivity contribution < 1.29 is 0 Å². The van der Waals surface area contributed by atoms with E-state index in [0.29, 0.717) is 5.88 Å². The molecule has 1 heterocycles. The monoisotopic (exact) mass is 264 g/mol. The Bertz CT molecular complexity index is 272. The fraction of sp³-hybridized carbons (Fsp3) is 0.333. The van der Waals surface area contributed by atoms with Crippen LogP contribution in [0.4, 0.5) is 0 Å². The number of hydrogen-bond acceptors (Lipinski definition) is 1. The molecule has 0 fully saturated rings. The van der Waals surface area contributed by atoms with Crippen molar-refractivity contribution in [2.75, 3.05) is 5.88 Å². The maximum absolute atomic E-state index is 5.75. The van der Waals surface area contributed by atoms with E-state index >= 15 is 0 Å². The van der Waals surface area contributed by atoms with Crippen LogP contribution in [0.3, 0.4) is 0 Å². The molecular formula is C9H10BrClS. The van der Waals surface area contributed by atoms with Gasteiger partial charge in [-0.2, -0.15) is 0 Å². The highest BCUT2D eigenvalue weighted by molar-refractivity contribution is 9.11. The van der Waals surface area contributed by atoms with Gasteiger partial charge in [-0.05, 0) is 40.6 Å². The minimum atomic E-state index is 0.631. The van der Waals surface area contributed by atoms with Gasteiger partial charge in [0.15, 0.2) is 0 Å². The van der Waals surface area contributed by atoms with Gasteiger partial charge in [-0.1, -0.05) is 12.5 Å². The van der Waals surface area contributed by atoms with Gasteiger partial charge in [0.25, 0.3) is 0 Å². The predicted molar refractivity (Wildman–Crippen MR) is 61.0 cm³/mol. The molecule has 0 saturated carbocycles. The highest BCUT2D eigenvalue weighted by atomic mass is 79.9. The van der Waals surface area contributed by atoms with Crippen molar-refractivity contribution in [2.24, 2.45) is 0 Å². The molecule has 0 amide bonds. The molecule has 3 heteroatoms. The van der Waals surface area contributed by atoms with Gasteiger partial charge in [-0.25, -0.2) is 0 Å². The Morgan fingerprint density at radius 1 is 1.67 bits per heavy atom. The molecule has 0 aromatic carbocycles. The van der Waals surface area contributed by atoms with E-state index < -0.39 is 0 Å². The largest absolute Gasteiger partial charge is 0.129 e. The summed E-state index contributed by atoms with van der Waals surface area (Å²) in [5.41, 5.74) is 1.28. The van der Waals surface area contributed by atoms with E-state index in [1.54, 1.807) is 11.3 Å². The summed E-state index contributed by atoms with van der Waals surface area (Å²) in [5.74, 6) is 0.631. The van der Waals surface area contributed by atoms with E-state index in [1.165, 1.54) is 14.2 Å². The first-order chi connectivity index (χ1) is 5.76. The molecule has 0 saturated heterocycles. The van der Waals surface area contributed by atoms with E-state index in [9.17, 15) is 0 Å². The van der Waals surface area contributed by atoms with Gasteiger partial charge in [0.2, 0.25) is 0 Å². The molecule has 0 bridgehead atoms. The number of rotatable bonds is 3. The molecule has 0 aliphatic rings. The minimum Gasteiger partial charge on any atom is -0.129 e. The Morgan fingerprint density at radius 2 is 2.42 bits per heavy atom. The summed E-state index contributed by atoms with van der Waals surface area (Å²) in [6, 6.07) is 4.15. The molecule has 1 rings (SSSR count). The zero-order chi connectivity index (χ0) is 8.97. The third-order valence-corrected chi connectivity index (χ3v) is 3.48. The third-order valence-electron chi connectivity index (χ3n) is 1.57. The standard InChI is InChI=1S/C9H10BrClS/c1-2-7(6-11)5-8-3-4-9(10)12-8/h3-5H,2,6H2,1H3. The van der Waals surface area contributed by atoms with Crippen LogP contribution >= 0.6 is 38.9 Å². The summed E-state index contributed by atoms with van der Waals surface area (Å²) in [4.78, 5) is 1.26. The number of allylic oxidation sites excluding steroid dienone is 1. The highest BCUT2D eigenvalue weighted by Crippen LogP contribution is 2.24. The minimum absolute atomic E-state index is 0.631. The molecule has 1 aromatic heterocycles. The normalized spacial score (nSPS) is 12.1. The number of hydrogen-bond donors (Lipinski definition) is 0. The molecule has 0 N–H and O–H groups in total. The molecule has 0 aliphatic heterocycles. The Balaban J connectivity index is 2.78. The second kappa shape index (κ2) is 5.05. The lowest BCUT2D eigenvalue weighted by Gasteiger charge is -1.95. The van der Waals surface area contributed by atoms with Crippen molar-refractivity contribution in [2.45, 2.75) is 13.3 Å². The molecule has 0 nitrogen and oxygen atoms in total. The Kier molecular flexibility index (Phi) is 4.33. The number of thiophene rings is 1. The smallest absolute Gasteiger partial charge is 0.0704 e. The second-order valence-electron chi connectivity index (χ2n) is 2.43. The highest BCUT2D eigenvalue weighted by Gasteiger charge is 1.96. The van der Waals surface area contributed by atoms with Gasteiger partial charge >= 0.3 is 0 Å². The number of halogens is 2. The average Bonchev–Trinajstić information content (AvgIpc) is 2.47. The summed E-state index contributed by atoms with van der Waals surface area (Å²) in [7, 11) is 0. The van der Waals surface area contributed by atoms with Crippen molar-refractivity contribution >= 4 is 44.9 Å². The summed E-state index contributed by atoms with van der Waals surface area (Å²) < 4.78 is 1.17. The fourth-order valence-electron chi connectivity index (χ4n) is 0.842. The molecule has 12 heavy (non-hydrogen) atoms. The fourth-order valence-corrected chi connectivity index (χ4v) is 2.52. The van der Waals surface area contributed by atoms with Crippen LogP contribution in [-0.4, -0.2) is 5.88 Å². The van der Waals surface area contributed by atoms with E-state index in [0.717, 1.165) is 6.42 Å². The summed E-state index contributed by atoms with van der Waals surface area (Å²) >= 11 is 10.9. The zero-order valence-corrected chi connectivity index (χ0v) is 9.97. The quantitative estimate of drug-likeness (QED) is 0.704. The van der Waals surface area contributed by atoms with E-state index in [-0.39, 0.29) is 0 Å². The van der Waals surface area contributed by atoms with Crippen molar-refractivity contribution in [3.8, 4) is 0 Å². The summed E-state index contributed by atoms with van der Waals surface area (Å²) in [6.45, 7) is 2.12. The van der Waals surface area contributed by atoms with Crippen molar-refractivity contribution in [3.05, 3.63) is 26.4 Å². The maximum atomic E-state index is 5.75. The van der Waals surface area contributed by atoms with Crippen molar-refractivity contribution in [3.63, 3.8) is 0 Å². The SMILES string of the molecule is CCC(=Cc1ccc(Br)s1)CCl. The zero-order valence-electron chi connectivity index (χ0n) is 6.81. The van der Waals surface area contributed by atoms with Gasteiger partial charge in [-0.3, -0.25) is 0 Å². The van der Waals surface area contributed by atoms with Crippen LogP contribution < -0.4 is 0 Å². The number of alkyl halides is 1. The summed E-state index contributed by atoms with van der Waals surface area (Å²) in [5, 5.41) is 0. The molecule has 0 aliphatic carbocycles. The topological polar surface area (TPSA) is 0 Å². The first-order valence-corrected chi connectivity index (χ1v) is 5.91.